The second-order valence-corrected chi connectivity index (χ2v) is 5.66. The molecule has 5 heteroatoms. The van der Waals surface area contributed by atoms with E-state index in [1.165, 1.54) is 12.1 Å². The highest BCUT2D eigenvalue weighted by Gasteiger charge is 2.28. The van der Waals surface area contributed by atoms with Crippen LogP contribution in [0.1, 0.15) is 24.9 Å². The minimum atomic E-state index is -0.420. The summed E-state index contributed by atoms with van der Waals surface area (Å²) in [5.41, 5.74) is 1.23. The van der Waals surface area contributed by atoms with Crippen molar-refractivity contribution in [3.8, 4) is 5.75 Å². The van der Waals surface area contributed by atoms with E-state index in [4.69, 9.17) is 11.6 Å². The van der Waals surface area contributed by atoms with Gasteiger partial charge in [0.15, 0.2) is 0 Å². The molecule has 1 heterocycles. The Bertz CT molecular complexity index is 501. The van der Waals surface area contributed by atoms with Crippen LogP contribution in [0.4, 0.5) is 4.39 Å². The number of benzene rings is 1. The fourth-order valence-corrected chi connectivity index (χ4v) is 2.78. The Kier molecular flexibility index (Phi) is 5.02. The molecule has 1 aromatic carbocycles. The van der Waals surface area contributed by atoms with Gasteiger partial charge in [-0.3, -0.25) is 4.90 Å². The van der Waals surface area contributed by atoms with Crippen LogP contribution in [0.3, 0.4) is 0 Å². The topological polar surface area (TPSA) is 35.5 Å². The van der Waals surface area contributed by atoms with Crippen LogP contribution < -0.4 is 5.32 Å². The second kappa shape index (κ2) is 6.57. The molecule has 0 saturated carbocycles. The summed E-state index contributed by atoms with van der Waals surface area (Å²) in [6.45, 7) is 9.16. The van der Waals surface area contributed by atoms with Gasteiger partial charge in [0.05, 0.1) is 5.02 Å². The van der Waals surface area contributed by atoms with Crippen LogP contribution in [0.5, 0.6) is 5.75 Å². The first-order chi connectivity index (χ1) is 9.50. The van der Waals surface area contributed by atoms with E-state index in [1.807, 2.05) is 6.92 Å². The maximum Gasteiger partial charge on any atom is 0.141 e. The van der Waals surface area contributed by atoms with Gasteiger partial charge in [-0.2, -0.15) is 0 Å². The Hall–Kier alpha value is -1.10. The number of piperazine rings is 1. The number of hydrogen-bond donors (Lipinski definition) is 2. The van der Waals surface area contributed by atoms with Gasteiger partial charge in [-0.25, -0.2) is 4.39 Å². The van der Waals surface area contributed by atoms with Crippen molar-refractivity contribution < 1.29 is 9.50 Å². The molecule has 0 bridgehead atoms. The van der Waals surface area contributed by atoms with Gasteiger partial charge in [0.2, 0.25) is 0 Å². The number of phenolic OH excluding ortho intramolecular Hbond substituents is 1. The van der Waals surface area contributed by atoms with Crippen LogP contribution in [0.15, 0.2) is 24.3 Å². The Morgan fingerprint density at radius 2 is 2.15 bits per heavy atom. The van der Waals surface area contributed by atoms with Crippen LogP contribution in [0.25, 0.3) is 0 Å². The molecular weight excluding hydrogens is 279 g/mol. The smallest absolute Gasteiger partial charge is 0.141 e. The number of halogens is 2. The van der Waals surface area contributed by atoms with E-state index >= 15 is 0 Å². The summed E-state index contributed by atoms with van der Waals surface area (Å²) >= 11 is 5.94. The Morgan fingerprint density at radius 3 is 2.75 bits per heavy atom. The molecule has 0 radical (unpaired) electrons. The molecule has 1 aromatic rings. The SMILES string of the molecule is C=C(C)C[C@@H](c1c(F)ccc(Cl)c1O)N1CCNCC1. The lowest BCUT2D eigenvalue weighted by Crippen LogP contribution is -2.45. The molecule has 2 rings (SSSR count). The second-order valence-electron chi connectivity index (χ2n) is 5.25. The molecule has 0 unspecified atom stereocenters. The molecule has 0 aromatic heterocycles. The van der Waals surface area contributed by atoms with Gasteiger partial charge in [-0.05, 0) is 25.5 Å². The highest BCUT2D eigenvalue weighted by Crippen LogP contribution is 2.39. The van der Waals surface area contributed by atoms with Crippen LogP contribution in [-0.2, 0) is 0 Å². The highest BCUT2D eigenvalue weighted by molar-refractivity contribution is 6.32. The molecule has 1 fully saturated rings. The molecule has 2 N–H and O–H groups in total. The minimum absolute atomic E-state index is 0.156. The molecule has 0 aliphatic carbocycles. The van der Waals surface area contributed by atoms with E-state index < -0.39 is 5.82 Å². The van der Waals surface area contributed by atoms with E-state index in [-0.39, 0.29) is 22.4 Å². The van der Waals surface area contributed by atoms with Gasteiger partial charge < -0.3 is 10.4 Å². The third-order valence-electron chi connectivity index (χ3n) is 3.58. The normalized spacial score (nSPS) is 17.9. The summed E-state index contributed by atoms with van der Waals surface area (Å²) in [4.78, 5) is 2.17. The number of nitrogens with zero attached hydrogens (tertiary/aromatic N) is 1. The molecule has 3 nitrogen and oxygen atoms in total. The van der Waals surface area contributed by atoms with Gasteiger partial charge >= 0.3 is 0 Å². The predicted octanol–water partition coefficient (Wildman–Crippen LogP) is 3.10. The molecule has 0 spiro atoms. The fraction of sp³-hybridized carbons (Fsp3) is 0.467. The van der Waals surface area contributed by atoms with Crippen LogP contribution in [0.2, 0.25) is 5.02 Å². The van der Waals surface area contributed by atoms with Gasteiger partial charge in [0.25, 0.3) is 0 Å². The summed E-state index contributed by atoms with van der Waals surface area (Å²) in [5.74, 6) is -0.576. The average molecular weight is 299 g/mol. The van der Waals surface area contributed by atoms with E-state index in [0.29, 0.717) is 6.42 Å². The van der Waals surface area contributed by atoms with Gasteiger partial charge in [-0.1, -0.05) is 17.2 Å². The fourth-order valence-electron chi connectivity index (χ4n) is 2.61. The van der Waals surface area contributed by atoms with Crippen molar-refractivity contribution in [2.75, 3.05) is 26.2 Å². The number of phenols is 1. The van der Waals surface area contributed by atoms with Crippen LogP contribution >= 0.6 is 11.6 Å². The lowest BCUT2D eigenvalue weighted by molar-refractivity contribution is 0.166. The van der Waals surface area contributed by atoms with E-state index in [1.54, 1.807) is 0 Å². The summed E-state index contributed by atoms with van der Waals surface area (Å²) in [5, 5.41) is 13.6. The zero-order valence-corrected chi connectivity index (χ0v) is 12.4. The van der Waals surface area contributed by atoms with Crippen molar-refractivity contribution in [3.05, 3.63) is 40.7 Å². The molecule has 20 heavy (non-hydrogen) atoms. The van der Waals surface area contributed by atoms with Gasteiger partial charge in [-0.15, -0.1) is 6.58 Å². The van der Waals surface area contributed by atoms with Crippen molar-refractivity contribution in [2.45, 2.75) is 19.4 Å². The predicted molar refractivity (Wildman–Crippen MR) is 79.7 cm³/mol. The zero-order valence-electron chi connectivity index (χ0n) is 11.6. The summed E-state index contributed by atoms with van der Waals surface area (Å²) in [6, 6.07) is 2.46. The first-order valence-electron chi connectivity index (χ1n) is 6.76. The van der Waals surface area contributed by atoms with Crippen LogP contribution in [-0.4, -0.2) is 36.2 Å². The quantitative estimate of drug-likeness (QED) is 0.839. The van der Waals surface area contributed by atoms with Crippen molar-refractivity contribution >= 4 is 11.6 Å². The number of hydrogen-bond acceptors (Lipinski definition) is 3. The zero-order chi connectivity index (χ0) is 14.7. The van der Waals surface area contributed by atoms with Crippen LogP contribution in [0, 0.1) is 5.82 Å². The van der Waals surface area contributed by atoms with E-state index in [0.717, 1.165) is 31.8 Å². The molecule has 110 valence electrons. The Morgan fingerprint density at radius 1 is 1.50 bits per heavy atom. The Balaban J connectivity index is 2.40. The van der Waals surface area contributed by atoms with Gasteiger partial charge in [0.1, 0.15) is 11.6 Å². The summed E-state index contributed by atoms with van der Waals surface area (Å²) in [6.07, 6.45) is 0.602. The lowest BCUT2D eigenvalue weighted by Gasteiger charge is -2.36. The number of nitrogens with one attached hydrogen (secondary N) is 1. The summed E-state index contributed by atoms with van der Waals surface area (Å²) in [7, 11) is 0. The molecule has 0 amide bonds. The van der Waals surface area contributed by atoms with Crippen molar-refractivity contribution in [2.24, 2.45) is 0 Å². The third kappa shape index (κ3) is 3.32. The maximum atomic E-state index is 14.2. The summed E-state index contributed by atoms with van der Waals surface area (Å²) < 4.78 is 14.2. The minimum Gasteiger partial charge on any atom is -0.506 e. The standard InChI is InChI=1S/C15H20ClFN2O/c1-10(2)9-13(19-7-5-18-6-8-19)14-12(17)4-3-11(16)15(14)20/h3-4,13,18,20H,1,5-9H2,2H3/t13-/m0/s1. The first kappa shape index (κ1) is 15.3. The van der Waals surface area contributed by atoms with Gasteiger partial charge in [0, 0.05) is 37.8 Å². The first-order valence-corrected chi connectivity index (χ1v) is 7.14. The molecule has 1 saturated heterocycles. The molecular formula is C15H20ClFN2O. The van der Waals surface area contributed by atoms with E-state index in [2.05, 4.69) is 16.8 Å². The van der Waals surface area contributed by atoms with Crippen molar-refractivity contribution in [3.63, 3.8) is 0 Å². The van der Waals surface area contributed by atoms with Crippen molar-refractivity contribution in [1.82, 2.24) is 10.2 Å². The van der Waals surface area contributed by atoms with Crippen molar-refractivity contribution in [1.29, 1.82) is 0 Å². The Labute approximate surface area is 124 Å². The number of aromatic hydroxyl groups is 1. The average Bonchev–Trinajstić information content (AvgIpc) is 2.43. The largest absolute Gasteiger partial charge is 0.506 e. The maximum absolute atomic E-state index is 14.2. The molecule has 1 atom stereocenters. The number of rotatable bonds is 4. The third-order valence-corrected chi connectivity index (χ3v) is 3.89. The molecule has 1 aliphatic rings. The van der Waals surface area contributed by atoms with E-state index in [9.17, 15) is 9.50 Å². The molecule has 1 aliphatic heterocycles. The monoisotopic (exact) mass is 298 g/mol. The lowest BCUT2D eigenvalue weighted by atomic mass is 9.96. The highest BCUT2D eigenvalue weighted by atomic mass is 35.5.